The summed E-state index contributed by atoms with van der Waals surface area (Å²) in [5, 5.41) is 8.64. The van der Waals surface area contributed by atoms with Crippen molar-refractivity contribution < 1.29 is 9.59 Å². The predicted molar refractivity (Wildman–Crippen MR) is 88.6 cm³/mol. The van der Waals surface area contributed by atoms with Crippen LogP contribution in [0.4, 0.5) is 16.2 Å². The number of anilines is 2. The Morgan fingerprint density at radius 3 is 2.27 bits per heavy atom. The summed E-state index contributed by atoms with van der Waals surface area (Å²) < 4.78 is 0. The second-order valence-electron chi connectivity index (χ2n) is 4.34. The zero-order valence-electron chi connectivity index (χ0n) is 11.4. The first-order valence-electron chi connectivity index (χ1n) is 6.39. The molecule has 114 valence electrons. The zero-order valence-corrected chi connectivity index (χ0v) is 12.9. The van der Waals surface area contributed by atoms with Crippen LogP contribution in [0.3, 0.4) is 0 Å². The molecule has 0 fully saturated rings. The van der Waals surface area contributed by atoms with Crippen LogP contribution in [0.2, 0.25) is 10.0 Å². The number of hydrogen-bond donors (Lipinski definition) is 3. The highest BCUT2D eigenvalue weighted by molar-refractivity contribution is 6.33. The third-order valence-corrected chi connectivity index (χ3v) is 3.24. The Labute approximate surface area is 137 Å². The first-order valence-corrected chi connectivity index (χ1v) is 7.15. The lowest BCUT2D eigenvalue weighted by Gasteiger charge is -2.09. The maximum atomic E-state index is 11.7. The van der Waals surface area contributed by atoms with Crippen molar-refractivity contribution in [2.24, 2.45) is 0 Å². The van der Waals surface area contributed by atoms with Crippen LogP contribution >= 0.6 is 23.2 Å². The summed E-state index contributed by atoms with van der Waals surface area (Å²) in [5.41, 5.74) is 1.07. The lowest BCUT2D eigenvalue weighted by molar-refractivity contribution is -0.115. The summed E-state index contributed by atoms with van der Waals surface area (Å²) in [6.45, 7) is -0.176. The second kappa shape index (κ2) is 7.68. The minimum absolute atomic E-state index is 0.176. The summed E-state index contributed by atoms with van der Waals surface area (Å²) in [6, 6.07) is 13.0. The lowest BCUT2D eigenvalue weighted by Crippen LogP contribution is -2.35. The van der Waals surface area contributed by atoms with Crippen LogP contribution in [0.5, 0.6) is 0 Å². The summed E-state index contributed by atoms with van der Waals surface area (Å²) in [6.07, 6.45) is 0. The summed E-state index contributed by atoms with van der Waals surface area (Å²) in [4.78, 5) is 23.4. The molecule has 0 bridgehead atoms. The number of rotatable bonds is 4. The number of carbonyl (C=O) groups is 2. The van der Waals surface area contributed by atoms with Gasteiger partial charge in [-0.2, -0.15) is 0 Å². The Morgan fingerprint density at radius 1 is 0.909 bits per heavy atom. The molecular formula is C15H13Cl2N3O2. The van der Waals surface area contributed by atoms with E-state index in [0.29, 0.717) is 21.4 Å². The number of carbonyl (C=O) groups excluding carboxylic acids is 2. The molecule has 7 heteroatoms. The third kappa shape index (κ3) is 4.95. The van der Waals surface area contributed by atoms with Gasteiger partial charge in [0.25, 0.3) is 0 Å². The average Bonchev–Trinajstić information content (AvgIpc) is 2.50. The molecule has 0 aliphatic heterocycles. The Balaban J connectivity index is 1.79. The predicted octanol–water partition coefficient (Wildman–Crippen LogP) is 3.75. The average molecular weight is 338 g/mol. The topological polar surface area (TPSA) is 70.2 Å². The van der Waals surface area contributed by atoms with Crippen molar-refractivity contribution in [2.45, 2.75) is 0 Å². The number of para-hydroxylation sites is 1. The summed E-state index contributed by atoms with van der Waals surface area (Å²) in [7, 11) is 0. The first kappa shape index (κ1) is 16.1. The van der Waals surface area contributed by atoms with Gasteiger partial charge in [-0.25, -0.2) is 4.79 Å². The molecule has 5 nitrogen and oxygen atoms in total. The smallest absolute Gasteiger partial charge is 0.319 e. The third-order valence-electron chi connectivity index (χ3n) is 2.66. The monoisotopic (exact) mass is 337 g/mol. The van der Waals surface area contributed by atoms with Crippen LogP contribution in [0, 0.1) is 0 Å². The van der Waals surface area contributed by atoms with Gasteiger partial charge in [-0.15, -0.1) is 0 Å². The molecule has 0 heterocycles. The minimum atomic E-state index is -0.489. The van der Waals surface area contributed by atoms with Crippen LogP contribution < -0.4 is 16.0 Å². The van der Waals surface area contributed by atoms with E-state index in [-0.39, 0.29) is 12.5 Å². The van der Waals surface area contributed by atoms with Crippen LogP contribution in [0.25, 0.3) is 0 Å². The van der Waals surface area contributed by atoms with Gasteiger partial charge in [-0.1, -0.05) is 35.3 Å². The Bertz CT molecular complexity index is 675. The molecule has 0 aromatic heterocycles. The fourth-order valence-electron chi connectivity index (χ4n) is 1.63. The summed E-state index contributed by atoms with van der Waals surface area (Å²) >= 11 is 11.7. The van der Waals surface area contributed by atoms with Crippen molar-refractivity contribution >= 4 is 46.5 Å². The van der Waals surface area contributed by atoms with E-state index in [0.717, 1.165) is 0 Å². The van der Waals surface area contributed by atoms with E-state index in [4.69, 9.17) is 23.2 Å². The molecule has 0 aliphatic carbocycles. The van der Waals surface area contributed by atoms with Gasteiger partial charge in [-0.05, 0) is 36.4 Å². The second-order valence-corrected chi connectivity index (χ2v) is 5.19. The molecule has 0 spiro atoms. The van der Waals surface area contributed by atoms with E-state index in [1.807, 2.05) is 0 Å². The molecule has 2 aromatic carbocycles. The highest BCUT2D eigenvalue weighted by Crippen LogP contribution is 2.20. The van der Waals surface area contributed by atoms with Crippen molar-refractivity contribution in [3.63, 3.8) is 0 Å². The zero-order chi connectivity index (χ0) is 15.9. The normalized spacial score (nSPS) is 9.91. The molecular weight excluding hydrogens is 325 g/mol. The van der Waals surface area contributed by atoms with Gasteiger partial charge in [0.1, 0.15) is 0 Å². The Hall–Kier alpha value is -2.24. The van der Waals surface area contributed by atoms with Gasteiger partial charge < -0.3 is 16.0 Å². The molecule has 3 N–H and O–H groups in total. The largest absolute Gasteiger partial charge is 0.329 e. The van der Waals surface area contributed by atoms with Crippen LogP contribution in [-0.4, -0.2) is 18.5 Å². The Kier molecular flexibility index (Phi) is 5.63. The van der Waals surface area contributed by atoms with Crippen molar-refractivity contribution in [1.82, 2.24) is 5.32 Å². The fourth-order valence-corrected chi connectivity index (χ4v) is 1.94. The van der Waals surface area contributed by atoms with E-state index in [1.165, 1.54) is 0 Å². The molecule has 2 aromatic rings. The highest BCUT2D eigenvalue weighted by Gasteiger charge is 2.07. The molecule has 2 rings (SSSR count). The Morgan fingerprint density at radius 2 is 1.59 bits per heavy atom. The maximum absolute atomic E-state index is 11.7. The maximum Gasteiger partial charge on any atom is 0.319 e. The van der Waals surface area contributed by atoms with Gasteiger partial charge in [0.15, 0.2) is 0 Å². The van der Waals surface area contributed by atoms with Crippen molar-refractivity contribution in [2.75, 3.05) is 17.2 Å². The number of halogens is 2. The fraction of sp³-hybridized carbons (Fsp3) is 0.0667. The SMILES string of the molecule is O=C(CNC(=O)Nc1ccc(Cl)cc1)Nc1ccccc1Cl. The number of benzene rings is 2. The number of urea groups is 1. The molecule has 3 amide bonds. The molecule has 0 saturated carbocycles. The number of hydrogen-bond acceptors (Lipinski definition) is 2. The van der Waals surface area contributed by atoms with Gasteiger partial charge in [0.05, 0.1) is 17.3 Å². The first-order chi connectivity index (χ1) is 10.5. The van der Waals surface area contributed by atoms with Crippen molar-refractivity contribution in [1.29, 1.82) is 0 Å². The highest BCUT2D eigenvalue weighted by atomic mass is 35.5. The van der Waals surface area contributed by atoms with Gasteiger partial charge in [0.2, 0.25) is 5.91 Å². The van der Waals surface area contributed by atoms with E-state index >= 15 is 0 Å². The van der Waals surface area contributed by atoms with Gasteiger partial charge in [0, 0.05) is 10.7 Å². The molecule has 0 saturated heterocycles. The molecule has 0 radical (unpaired) electrons. The van der Waals surface area contributed by atoms with Crippen LogP contribution in [0.15, 0.2) is 48.5 Å². The van der Waals surface area contributed by atoms with Crippen LogP contribution in [-0.2, 0) is 4.79 Å². The van der Waals surface area contributed by atoms with Crippen molar-refractivity contribution in [3.05, 3.63) is 58.6 Å². The number of amides is 3. The number of nitrogens with one attached hydrogen (secondary N) is 3. The minimum Gasteiger partial charge on any atom is -0.329 e. The van der Waals surface area contributed by atoms with E-state index < -0.39 is 6.03 Å². The van der Waals surface area contributed by atoms with E-state index in [9.17, 15) is 9.59 Å². The van der Waals surface area contributed by atoms with E-state index in [2.05, 4.69) is 16.0 Å². The van der Waals surface area contributed by atoms with Crippen molar-refractivity contribution in [3.8, 4) is 0 Å². The molecule has 22 heavy (non-hydrogen) atoms. The lowest BCUT2D eigenvalue weighted by atomic mass is 10.3. The molecule has 0 atom stereocenters. The quantitative estimate of drug-likeness (QED) is 0.794. The summed E-state index contributed by atoms with van der Waals surface area (Å²) in [5.74, 6) is -0.376. The molecule has 0 aliphatic rings. The van der Waals surface area contributed by atoms with Gasteiger partial charge in [-0.3, -0.25) is 4.79 Å². The van der Waals surface area contributed by atoms with E-state index in [1.54, 1.807) is 48.5 Å². The van der Waals surface area contributed by atoms with Crippen LogP contribution in [0.1, 0.15) is 0 Å². The molecule has 0 unspecified atom stereocenters. The standard InChI is InChI=1S/C15H13Cl2N3O2/c16-10-5-7-11(8-6-10)19-15(22)18-9-14(21)20-13-4-2-1-3-12(13)17/h1-8H,9H2,(H,20,21)(H2,18,19,22). The van der Waals surface area contributed by atoms with Gasteiger partial charge >= 0.3 is 6.03 Å².